The number of rotatable bonds is 23. The highest BCUT2D eigenvalue weighted by Gasteiger charge is 2.50. The lowest BCUT2D eigenvalue weighted by atomic mass is 9.97. The SMILES string of the molecule is CCCCCCCCCCCCC/C=C/C(OC)C(COC1OC(CO)C(OC2OC(CO)C(O)C(O)C2O)C(O)C1O)NC. The standard InChI is InChI=1S/C32H61NO12/c1-4-5-6-7-8-9-10-11-12-13-14-15-16-17-22(41-3)21(33-2)20-42-31-29(40)27(38)30(24(19-35)44-31)45-32-28(39)26(37)25(36)23(18-34)43-32/h16-17,21-40H,4-15,18-20H2,1-3H3/b17-16+. The lowest BCUT2D eigenvalue weighted by Crippen LogP contribution is -2.64. The summed E-state index contributed by atoms with van der Waals surface area (Å²) in [6, 6.07) is -0.313. The first-order valence-electron chi connectivity index (χ1n) is 16.8. The maximum Gasteiger partial charge on any atom is 0.187 e. The Morgan fingerprint density at radius 1 is 0.711 bits per heavy atom. The summed E-state index contributed by atoms with van der Waals surface area (Å²) in [6.45, 7) is 0.986. The molecule has 266 valence electrons. The maximum atomic E-state index is 10.8. The van der Waals surface area contributed by atoms with E-state index in [-0.39, 0.29) is 18.8 Å². The van der Waals surface area contributed by atoms with Crippen LogP contribution in [-0.2, 0) is 23.7 Å². The molecule has 2 rings (SSSR count). The summed E-state index contributed by atoms with van der Waals surface area (Å²) in [5, 5.41) is 74.4. The zero-order valence-electron chi connectivity index (χ0n) is 27.4. The quantitative estimate of drug-likeness (QED) is 0.0561. The molecule has 12 unspecified atom stereocenters. The average Bonchev–Trinajstić information content (AvgIpc) is 3.05. The van der Waals surface area contributed by atoms with Crippen LogP contribution in [0.4, 0.5) is 0 Å². The molecule has 13 nitrogen and oxygen atoms in total. The molecule has 0 bridgehead atoms. The van der Waals surface area contributed by atoms with E-state index in [1.165, 1.54) is 64.2 Å². The summed E-state index contributed by atoms with van der Waals surface area (Å²) in [6.07, 6.45) is 3.94. The van der Waals surface area contributed by atoms with Crippen LogP contribution in [0.2, 0.25) is 0 Å². The fourth-order valence-electron chi connectivity index (χ4n) is 5.77. The van der Waals surface area contributed by atoms with Gasteiger partial charge in [0.2, 0.25) is 0 Å². The molecular formula is C32H61NO12. The van der Waals surface area contributed by atoms with Crippen molar-refractivity contribution in [3.63, 3.8) is 0 Å². The Morgan fingerprint density at radius 2 is 1.27 bits per heavy atom. The molecule has 0 radical (unpaired) electrons. The summed E-state index contributed by atoms with van der Waals surface area (Å²) in [5.41, 5.74) is 0. The number of hydrogen-bond acceptors (Lipinski definition) is 13. The molecule has 0 aromatic carbocycles. The van der Waals surface area contributed by atoms with Crippen LogP contribution in [0.15, 0.2) is 12.2 Å². The summed E-state index contributed by atoms with van der Waals surface area (Å²) in [4.78, 5) is 0. The normalized spacial score (nSPS) is 33.9. The molecule has 12 atom stereocenters. The van der Waals surface area contributed by atoms with Gasteiger partial charge >= 0.3 is 0 Å². The highest BCUT2D eigenvalue weighted by molar-refractivity contribution is 4.97. The Morgan fingerprint density at radius 3 is 1.82 bits per heavy atom. The third-order valence-electron chi connectivity index (χ3n) is 8.74. The number of methoxy groups -OCH3 is 1. The topological polar surface area (TPSA) is 200 Å². The molecule has 8 N–H and O–H groups in total. The first-order valence-corrected chi connectivity index (χ1v) is 16.8. The number of allylic oxidation sites excluding steroid dienone is 1. The fourth-order valence-corrected chi connectivity index (χ4v) is 5.77. The molecule has 13 heteroatoms. The van der Waals surface area contributed by atoms with Crippen molar-refractivity contribution in [1.29, 1.82) is 0 Å². The van der Waals surface area contributed by atoms with Crippen LogP contribution in [0.25, 0.3) is 0 Å². The van der Waals surface area contributed by atoms with E-state index in [0.717, 1.165) is 12.8 Å². The van der Waals surface area contributed by atoms with Gasteiger partial charge < -0.3 is 64.7 Å². The summed E-state index contributed by atoms with van der Waals surface area (Å²) < 4.78 is 28.1. The van der Waals surface area contributed by atoms with Gasteiger partial charge in [0.05, 0.1) is 32.0 Å². The number of aliphatic hydroxyl groups excluding tert-OH is 7. The summed E-state index contributed by atoms with van der Waals surface area (Å²) >= 11 is 0. The van der Waals surface area contributed by atoms with Crippen molar-refractivity contribution >= 4 is 0 Å². The molecule has 2 aliphatic rings. The number of likely N-dealkylation sites (N-methyl/N-ethyl adjacent to an activating group) is 1. The van der Waals surface area contributed by atoms with Gasteiger partial charge in [0.25, 0.3) is 0 Å². The molecule has 0 aromatic rings. The lowest BCUT2D eigenvalue weighted by Gasteiger charge is -2.46. The monoisotopic (exact) mass is 651 g/mol. The molecule has 2 fully saturated rings. The summed E-state index contributed by atoms with van der Waals surface area (Å²) in [7, 11) is 3.35. The Labute approximate surface area is 268 Å². The highest BCUT2D eigenvalue weighted by atomic mass is 16.7. The van der Waals surface area contributed by atoms with Gasteiger partial charge in [-0.15, -0.1) is 0 Å². The predicted molar refractivity (Wildman–Crippen MR) is 166 cm³/mol. The van der Waals surface area contributed by atoms with Crippen molar-refractivity contribution in [1.82, 2.24) is 5.32 Å². The van der Waals surface area contributed by atoms with E-state index in [2.05, 4.69) is 18.3 Å². The van der Waals surface area contributed by atoms with E-state index in [4.69, 9.17) is 23.7 Å². The van der Waals surface area contributed by atoms with Gasteiger partial charge in [-0.05, 0) is 19.9 Å². The van der Waals surface area contributed by atoms with Crippen LogP contribution in [0, 0.1) is 0 Å². The molecule has 2 heterocycles. The molecule has 0 aromatic heterocycles. The Hall–Kier alpha value is -0.780. The van der Waals surface area contributed by atoms with E-state index >= 15 is 0 Å². The molecule has 0 amide bonds. The fraction of sp³-hybridized carbons (Fsp3) is 0.938. The van der Waals surface area contributed by atoms with Crippen molar-refractivity contribution in [3.05, 3.63) is 12.2 Å². The molecule has 2 aliphatic heterocycles. The molecular weight excluding hydrogens is 590 g/mol. The second kappa shape index (κ2) is 22.7. The summed E-state index contributed by atoms with van der Waals surface area (Å²) in [5.74, 6) is 0. The lowest BCUT2D eigenvalue weighted by molar-refractivity contribution is -0.359. The number of hydrogen-bond donors (Lipinski definition) is 8. The Kier molecular flexibility index (Phi) is 20.4. The zero-order chi connectivity index (χ0) is 33.2. The van der Waals surface area contributed by atoms with Crippen molar-refractivity contribution < 1.29 is 59.4 Å². The Bertz CT molecular complexity index is 774. The molecule has 0 saturated carbocycles. The van der Waals surface area contributed by atoms with Gasteiger partial charge in [-0.3, -0.25) is 0 Å². The third kappa shape index (κ3) is 13.0. The van der Waals surface area contributed by atoms with E-state index in [9.17, 15) is 35.7 Å². The highest BCUT2D eigenvalue weighted by Crippen LogP contribution is 2.29. The van der Waals surface area contributed by atoms with Crippen molar-refractivity contribution in [2.75, 3.05) is 34.0 Å². The van der Waals surface area contributed by atoms with Gasteiger partial charge in [-0.2, -0.15) is 0 Å². The average molecular weight is 652 g/mol. The van der Waals surface area contributed by atoms with Crippen LogP contribution in [0.5, 0.6) is 0 Å². The van der Waals surface area contributed by atoms with Crippen LogP contribution < -0.4 is 5.32 Å². The van der Waals surface area contributed by atoms with Crippen LogP contribution in [0.1, 0.15) is 84.0 Å². The van der Waals surface area contributed by atoms with Crippen LogP contribution >= 0.6 is 0 Å². The van der Waals surface area contributed by atoms with E-state index in [1.54, 1.807) is 14.2 Å². The second-order valence-electron chi connectivity index (χ2n) is 12.2. The van der Waals surface area contributed by atoms with Gasteiger partial charge in [0.1, 0.15) is 48.8 Å². The predicted octanol–water partition coefficient (Wildman–Crippen LogP) is 0.487. The molecule has 2 saturated heterocycles. The first kappa shape index (κ1) is 40.4. The third-order valence-corrected chi connectivity index (χ3v) is 8.74. The van der Waals surface area contributed by atoms with E-state index in [0.29, 0.717) is 0 Å². The minimum absolute atomic E-state index is 0.0443. The number of ether oxygens (including phenoxy) is 5. The first-order chi connectivity index (χ1) is 21.7. The van der Waals surface area contributed by atoms with Gasteiger partial charge in [-0.1, -0.05) is 83.3 Å². The van der Waals surface area contributed by atoms with Gasteiger partial charge in [0.15, 0.2) is 12.6 Å². The minimum atomic E-state index is -1.73. The van der Waals surface area contributed by atoms with Gasteiger partial charge in [0, 0.05) is 7.11 Å². The van der Waals surface area contributed by atoms with Crippen LogP contribution in [0.3, 0.4) is 0 Å². The van der Waals surface area contributed by atoms with Crippen molar-refractivity contribution in [2.45, 2.75) is 158 Å². The Balaban J connectivity index is 1.79. The maximum absolute atomic E-state index is 10.8. The molecule has 0 aliphatic carbocycles. The van der Waals surface area contributed by atoms with E-state index < -0.39 is 74.6 Å². The number of nitrogens with one attached hydrogen (secondary N) is 1. The molecule has 0 spiro atoms. The van der Waals surface area contributed by atoms with Crippen molar-refractivity contribution in [2.24, 2.45) is 0 Å². The largest absolute Gasteiger partial charge is 0.394 e. The second-order valence-corrected chi connectivity index (χ2v) is 12.2. The van der Waals surface area contributed by atoms with Crippen LogP contribution in [-0.4, -0.2) is 143 Å². The smallest absolute Gasteiger partial charge is 0.187 e. The number of unbranched alkanes of at least 4 members (excludes halogenated alkanes) is 11. The zero-order valence-corrected chi connectivity index (χ0v) is 27.4. The number of aliphatic hydroxyl groups is 7. The van der Waals surface area contributed by atoms with E-state index in [1.807, 2.05) is 6.08 Å². The molecule has 45 heavy (non-hydrogen) atoms. The minimum Gasteiger partial charge on any atom is -0.394 e. The van der Waals surface area contributed by atoms with Gasteiger partial charge in [-0.25, -0.2) is 0 Å². The van der Waals surface area contributed by atoms with Crippen molar-refractivity contribution in [3.8, 4) is 0 Å².